The minimum absolute atomic E-state index is 0.0695. The number of hydrogen-bond donors (Lipinski definition) is 1. The van der Waals surface area contributed by atoms with Crippen LogP contribution < -0.4 is 9.46 Å². The zero-order chi connectivity index (χ0) is 34.3. The average molecular weight is 688 g/mol. The number of nitrogens with one attached hydrogen (secondary N) is 1. The highest BCUT2D eigenvalue weighted by Gasteiger charge is 2.88. The van der Waals surface area contributed by atoms with E-state index in [4.69, 9.17) is 0 Å². The molecule has 0 unspecified atom stereocenters. The molecule has 0 bridgehead atoms. The van der Waals surface area contributed by atoms with E-state index in [0.717, 1.165) is 0 Å². The zero-order valence-corrected chi connectivity index (χ0v) is 21.8. The van der Waals surface area contributed by atoms with Crippen LogP contribution in [0, 0.1) is 0 Å². The van der Waals surface area contributed by atoms with E-state index in [-0.39, 0.29) is 37.2 Å². The van der Waals surface area contributed by atoms with Gasteiger partial charge in [-0.1, -0.05) is 0 Å². The first kappa shape index (κ1) is 38.5. The largest absolute Gasteiger partial charge is 0.452 e. The van der Waals surface area contributed by atoms with E-state index in [1.54, 1.807) is 19.0 Å². The highest BCUT2D eigenvalue weighted by atomic mass is 32.2. The van der Waals surface area contributed by atoms with Crippen LogP contribution in [0.2, 0.25) is 0 Å². The third-order valence-corrected chi connectivity index (χ3v) is 6.64. The van der Waals surface area contributed by atoms with Crippen LogP contribution in [-0.2, 0) is 10.0 Å². The fourth-order valence-corrected chi connectivity index (χ4v) is 4.25. The van der Waals surface area contributed by atoms with Crippen molar-refractivity contribution in [1.82, 2.24) is 9.62 Å². The van der Waals surface area contributed by atoms with Gasteiger partial charge in [0.15, 0.2) is 0 Å². The number of alkyl halides is 17. The smallest absolute Gasteiger partial charge is 0.449 e. The van der Waals surface area contributed by atoms with Gasteiger partial charge in [0.1, 0.15) is 5.75 Å². The lowest BCUT2D eigenvalue weighted by molar-refractivity contribution is -0.365. The summed E-state index contributed by atoms with van der Waals surface area (Å²) in [7, 11) is -1.33. The molecular weight excluding hydrogens is 671 g/mol. The summed E-state index contributed by atoms with van der Waals surface area (Å²) in [6.07, 6.45) is -39.7. The maximum atomic E-state index is 14.7. The molecule has 250 valence electrons. The average Bonchev–Trinajstić information content (AvgIpc) is 2.77. The SMILES string of the molecule is CN(C)CCCNS(=O)(=O)c1ccc(OC(=C(C(F)(C(F)(F)F)C(F)(F)F)C(F)(C(F)(F)F)C(F)(F)F)C(F)(F)F)cc1. The second-order valence-corrected chi connectivity index (χ2v) is 10.4. The van der Waals surface area contributed by atoms with Gasteiger partial charge in [-0.05, 0) is 51.3 Å². The summed E-state index contributed by atoms with van der Waals surface area (Å²) >= 11 is 0. The summed E-state index contributed by atoms with van der Waals surface area (Å²) in [4.78, 5) is 0.715. The van der Waals surface area contributed by atoms with Gasteiger partial charge in [-0.3, -0.25) is 0 Å². The Balaban J connectivity index is 4.08. The van der Waals surface area contributed by atoms with Gasteiger partial charge in [0, 0.05) is 6.54 Å². The van der Waals surface area contributed by atoms with E-state index in [1.807, 2.05) is 4.72 Å². The molecule has 0 spiro atoms. The Morgan fingerprint density at radius 3 is 1.37 bits per heavy atom. The quantitative estimate of drug-likeness (QED) is 0.168. The van der Waals surface area contributed by atoms with E-state index >= 15 is 0 Å². The maximum absolute atomic E-state index is 14.7. The van der Waals surface area contributed by atoms with Crippen LogP contribution in [0.15, 0.2) is 40.5 Å². The van der Waals surface area contributed by atoms with E-state index in [1.165, 1.54) is 0 Å². The molecule has 0 aliphatic rings. The van der Waals surface area contributed by atoms with E-state index in [0.29, 0.717) is 6.54 Å². The van der Waals surface area contributed by atoms with Crippen molar-refractivity contribution in [2.45, 2.75) is 53.5 Å². The molecule has 0 saturated heterocycles. The highest BCUT2D eigenvalue weighted by molar-refractivity contribution is 7.89. The third-order valence-electron chi connectivity index (χ3n) is 5.16. The molecule has 0 atom stereocenters. The van der Waals surface area contributed by atoms with Crippen molar-refractivity contribution < 1.29 is 87.8 Å². The third kappa shape index (κ3) is 7.94. The van der Waals surface area contributed by atoms with Gasteiger partial charge in [0.2, 0.25) is 15.8 Å². The molecule has 0 aromatic heterocycles. The van der Waals surface area contributed by atoms with Gasteiger partial charge in [-0.25, -0.2) is 21.9 Å². The molecular formula is C20H17F17N2O3S. The number of halogens is 17. The molecule has 43 heavy (non-hydrogen) atoms. The summed E-state index contributed by atoms with van der Waals surface area (Å²) in [6, 6.07) is 0.285. The number of nitrogens with zero attached hydrogens (tertiary/aromatic N) is 1. The number of allylic oxidation sites excluding steroid dienone is 2. The van der Waals surface area contributed by atoms with Gasteiger partial charge in [-0.2, -0.15) is 65.9 Å². The van der Waals surface area contributed by atoms with E-state index in [9.17, 15) is 83.1 Å². The van der Waals surface area contributed by atoms with Crippen LogP contribution in [0.3, 0.4) is 0 Å². The summed E-state index contributed by atoms with van der Waals surface area (Å²) in [5.41, 5.74) is -22.2. The Morgan fingerprint density at radius 1 is 0.698 bits per heavy atom. The van der Waals surface area contributed by atoms with Crippen LogP contribution in [0.1, 0.15) is 6.42 Å². The van der Waals surface area contributed by atoms with Gasteiger partial charge < -0.3 is 9.64 Å². The molecule has 0 aliphatic carbocycles. The summed E-state index contributed by atoms with van der Waals surface area (Å²) in [5, 5.41) is 0. The van der Waals surface area contributed by atoms with Crippen LogP contribution in [-0.4, -0.2) is 82.7 Å². The molecule has 23 heteroatoms. The summed E-state index contributed by atoms with van der Waals surface area (Å²) in [6.45, 7) is 0.0754. The molecule has 1 N–H and O–H groups in total. The van der Waals surface area contributed by atoms with Crippen LogP contribution in [0.25, 0.3) is 0 Å². The Kier molecular flexibility index (Phi) is 10.8. The van der Waals surface area contributed by atoms with Crippen molar-refractivity contribution in [1.29, 1.82) is 0 Å². The standard InChI is InChI=1S/C20H17F17N2O3S/c1-39(2)9-3-8-38-43(40,41)11-6-4-10(5-7-11)42-13(16(23,24)25)12(14(21,17(26,27)28)18(29,30)31)15(22,19(32,33)34)20(35,36)37/h4-7,38H,3,8-9H2,1-2H3. The molecule has 0 radical (unpaired) electrons. The van der Waals surface area contributed by atoms with Gasteiger partial charge in [0.25, 0.3) is 0 Å². The van der Waals surface area contributed by atoms with Crippen molar-refractivity contribution in [3.05, 3.63) is 35.6 Å². The number of benzene rings is 1. The minimum Gasteiger partial charge on any atom is -0.452 e. The fourth-order valence-electron chi connectivity index (χ4n) is 3.18. The zero-order valence-electron chi connectivity index (χ0n) is 20.9. The first-order chi connectivity index (χ1) is 18.9. The fraction of sp³-hybridized carbons (Fsp3) is 0.600. The van der Waals surface area contributed by atoms with Crippen molar-refractivity contribution in [3.63, 3.8) is 0 Å². The topological polar surface area (TPSA) is 58.6 Å². The van der Waals surface area contributed by atoms with Crippen molar-refractivity contribution in [2.75, 3.05) is 27.2 Å². The highest BCUT2D eigenvalue weighted by Crippen LogP contribution is 2.63. The lowest BCUT2D eigenvalue weighted by Gasteiger charge is -2.41. The molecule has 1 aromatic carbocycles. The number of ether oxygens (including phenoxy) is 1. The van der Waals surface area contributed by atoms with Crippen molar-refractivity contribution >= 4 is 10.0 Å². The normalized spacial score (nSPS) is 14.7. The van der Waals surface area contributed by atoms with Gasteiger partial charge in [0.05, 0.1) is 10.5 Å². The van der Waals surface area contributed by atoms with Gasteiger partial charge >= 0.3 is 42.2 Å². The molecule has 0 saturated carbocycles. The molecule has 0 aliphatic heterocycles. The molecule has 0 fully saturated rings. The molecule has 5 nitrogen and oxygen atoms in total. The Bertz CT molecular complexity index is 1170. The van der Waals surface area contributed by atoms with Gasteiger partial charge in [-0.15, -0.1) is 0 Å². The lowest BCUT2D eigenvalue weighted by Crippen LogP contribution is -2.67. The van der Waals surface area contributed by atoms with Crippen LogP contribution in [0.4, 0.5) is 74.6 Å². The first-order valence-electron chi connectivity index (χ1n) is 10.7. The minimum atomic E-state index is -8.32. The second kappa shape index (κ2) is 12.1. The number of rotatable bonds is 10. The van der Waals surface area contributed by atoms with Crippen molar-refractivity contribution in [3.8, 4) is 5.75 Å². The predicted molar refractivity (Wildman–Crippen MR) is 110 cm³/mol. The molecule has 0 heterocycles. The molecule has 0 amide bonds. The van der Waals surface area contributed by atoms with E-state index in [2.05, 4.69) is 4.74 Å². The first-order valence-corrected chi connectivity index (χ1v) is 12.2. The second-order valence-electron chi connectivity index (χ2n) is 8.64. The lowest BCUT2D eigenvalue weighted by atomic mass is 9.79. The molecule has 1 rings (SSSR count). The monoisotopic (exact) mass is 688 g/mol. The van der Waals surface area contributed by atoms with E-state index < -0.39 is 74.2 Å². The van der Waals surface area contributed by atoms with Crippen molar-refractivity contribution in [2.24, 2.45) is 0 Å². The van der Waals surface area contributed by atoms with Crippen LogP contribution in [0.5, 0.6) is 5.75 Å². The summed E-state index contributed by atoms with van der Waals surface area (Å²) in [5.74, 6) is -6.55. The Labute approximate surface area is 230 Å². The summed E-state index contributed by atoms with van der Waals surface area (Å²) < 4.78 is 260. The maximum Gasteiger partial charge on any atom is 0.449 e. The number of sulfonamides is 1. The Hall–Kier alpha value is -2.56. The van der Waals surface area contributed by atoms with Crippen LogP contribution >= 0.6 is 0 Å². The molecule has 1 aromatic rings. The Morgan fingerprint density at radius 2 is 1.07 bits per heavy atom. The predicted octanol–water partition coefficient (Wildman–Crippen LogP) is 6.78. The number of hydrogen-bond acceptors (Lipinski definition) is 4.